The summed E-state index contributed by atoms with van der Waals surface area (Å²) >= 11 is 3.48. The molecular formula is C16H16BrNO. The van der Waals surface area contributed by atoms with Crippen LogP contribution in [0.25, 0.3) is 0 Å². The van der Waals surface area contributed by atoms with Crippen molar-refractivity contribution in [1.82, 2.24) is 0 Å². The Morgan fingerprint density at radius 2 is 2.00 bits per heavy atom. The predicted octanol–water partition coefficient (Wildman–Crippen LogP) is 4.28. The zero-order valence-electron chi connectivity index (χ0n) is 10.8. The quantitative estimate of drug-likeness (QED) is 0.893. The number of aromatic hydroxyl groups is 1. The van der Waals surface area contributed by atoms with E-state index in [1.165, 1.54) is 11.3 Å². The van der Waals surface area contributed by atoms with Gasteiger partial charge in [-0.2, -0.15) is 0 Å². The van der Waals surface area contributed by atoms with Crippen LogP contribution in [0.1, 0.15) is 24.1 Å². The van der Waals surface area contributed by atoms with E-state index in [1.54, 1.807) is 6.07 Å². The van der Waals surface area contributed by atoms with Gasteiger partial charge < -0.3 is 10.0 Å². The highest BCUT2D eigenvalue weighted by atomic mass is 79.9. The fourth-order valence-corrected chi connectivity index (χ4v) is 3.17. The molecule has 1 aliphatic rings. The smallest absolute Gasteiger partial charge is 0.120 e. The van der Waals surface area contributed by atoms with Crippen LogP contribution in [0.2, 0.25) is 0 Å². The number of nitrogens with zero attached hydrogens (tertiary/aromatic N) is 1. The Morgan fingerprint density at radius 3 is 2.84 bits per heavy atom. The van der Waals surface area contributed by atoms with Crippen LogP contribution >= 0.6 is 15.9 Å². The van der Waals surface area contributed by atoms with Crippen molar-refractivity contribution in [3.63, 3.8) is 0 Å². The molecule has 0 saturated carbocycles. The Balaban J connectivity index is 1.97. The number of hydrogen-bond acceptors (Lipinski definition) is 2. The lowest BCUT2D eigenvalue weighted by Gasteiger charge is -2.28. The molecular weight excluding hydrogens is 302 g/mol. The van der Waals surface area contributed by atoms with Gasteiger partial charge in [0.1, 0.15) is 5.75 Å². The van der Waals surface area contributed by atoms with Crippen molar-refractivity contribution >= 4 is 21.6 Å². The van der Waals surface area contributed by atoms with Gasteiger partial charge in [-0.3, -0.25) is 0 Å². The van der Waals surface area contributed by atoms with Crippen LogP contribution < -0.4 is 4.90 Å². The maximum Gasteiger partial charge on any atom is 0.120 e. The summed E-state index contributed by atoms with van der Waals surface area (Å²) in [6.07, 6.45) is 1.08. The van der Waals surface area contributed by atoms with Gasteiger partial charge in [-0.25, -0.2) is 0 Å². The van der Waals surface area contributed by atoms with Crippen molar-refractivity contribution in [3.8, 4) is 5.75 Å². The van der Waals surface area contributed by atoms with Crippen LogP contribution in [0, 0.1) is 0 Å². The first kappa shape index (κ1) is 12.5. The number of para-hydroxylation sites is 1. The average molecular weight is 318 g/mol. The summed E-state index contributed by atoms with van der Waals surface area (Å²) in [4.78, 5) is 2.36. The number of phenols is 1. The third-order valence-electron chi connectivity index (χ3n) is 3.83. The van der Waals surface area contributed by atoms with Crippen molar-refractivity contribution in [1.29, 1.82) is 0 Å². The van der Waals surface area contributed by atoms with Gasteiger partial charge in [0.25, 0.3) is 0 Å². The molecule has 98 valence electrons. The van der Waals surface area contributed by atoms with Crippen LogP contribution in [-0.4, -0.2) is 11.7 Å². The third-order valence-corrected chi connectivity index (χ3v) is 4.32. The monoisotopic (exact) mass is 317 g/mol. The van der Waals surface area contributed by atoms with Crippen molar-refractivity contribution in [2.75, 3.05) is 11.4 Å². The minimum Gasteiger partial charge on any atom is -0.508 e. The second-order valence-corrected chi connectivity index (χ2v) is 5.87. The van der Waals surface area contributed by atoms with Crippen LogP contribution in [0.3, 0.4) is 0 Å². The van der Waals surface area contributed by atoms with Crippen LogP contribution in [0.15, 0.2) is 46.9 Å². The molecule has 0 aromatic heterocycles. The first-order valence-corrected chi connectivity index (χ1v) is 7.29. The maximum absolute atomic E-state index is 10.1. The van der Waals surface area contributed by atoms with E-state index >= 15 is 0 Å². The number of halogens is 1. The van der Waals surface area contributed by atoms with E-state index in [-0.39, 0.29) is 6.04 Å². The lowest BCUT2D eigenvalue weighted by atomic mass is 10.1. The molecule has 0 aliphatic carbocycles. The highest BCUT2D eigenvalue weighted by molar-refractivity contribution is 9.10. The van der Waals surface area contributed by atoms with Gasteiger partial charge in [-0.15, -0.1) is 0 Å². The molecule has 19 heavy (non-hydrogen) atoms. The lowest BCUT2D eigenvalue weighted by molar-refractivity contribution is 0.461. The molecule has 0 bridgehead atoms. The molecule has 2 aromatic rings. The van der Waals surface area contributed by atoms with Crippen LogP contribution in [0.4, 0.5) is 5.69 Å². The van der Waals surface area contributed by atoms with Gasteiger partial charge in [0.15, 0.2) is 0 Å². The molecule has 1 unspecified atom stereocenters. The van der Waals surface area contributed by atoms with Crippen LogP contribution in [-0.2, 0) is 6.42 Å². The molecule has 3 rings (SSSR count). The largest absolute Gasteiger partial charge is 0.508 e. The highest BCUT2D eigenvalue weighted by Gasteiger charge is 2.25. The Hall–Kier alpha value is -1.48. The Bertz CT molecular complexity index is 611. The molecule has 0 spiro atoms. The van der Waals surface area contributed by atoms with Crippen molar-refractivity contribution in [3.05, 3.63) is 58.1 Å². The second-order valence-electron chi connectivity index (χ2n) is 4.95. The Labute approximate surface area is 121 Å². The number of hydrogen-bond donors (Lipinski definition) is 1. The van der Waals surface area contributed by atoms with Gasteiger partial charge >= 0.3 is 0 Å². The molecule has 1 atom stereocenters. The summed E-state index contributed by atoms with van der Waals surface area (Å²) in [5.74, 6) is 0.361. The van der Waals surface area contributed by atoms with Crippen molar-refractivity contribution in [2.24, 2.45) is 0 Å². The Kier molecular flexibility index (Phi) is 3.23. The van der Waals surface area contributed by atoms with Crippen molar-refractivity contribution < 1.29 is 5.11 Å². The summed E-state index contributed by atoms with van der Waals surface area (Å²) in [5.41, 5.74) is 3.64. The van der Waals surface area contributed by atoms with E-state index in [0.29, 0.717) is 5.75 Å². The number of rotatable bonds is 2. The topological polar surface area (TPSA) is 23.5 Å². The molecule has 1 aliphatic heterocycles. The molecule has 0 radical (unpaired) electrons. The fraction of sp³-hybridized carbons (Fsp3) is 0.250. The van der Waals surface area contributed by atoms with E-state index < -0.39 is 0 Å². The maximum atomic E-state index is 10.1. The van der Waals surface area contributed by atoms with Gasteiger partial charge in [0, 0.05) is 22.3 Å². The SMILES string of the molecule is CC(c1cc(Br)ccc1O)N1CCc2ccccc21. The zero-order chi connectivity index (χ0) is 13.4. The van der Waals surface area contributed by atoms with E-state index in [1.807, 2.05) is 12.1 Å². The molecule has 0 amide bonds. The third kappa shape index (κ3) is 2.23. The summed E-state index contributed by atoms with van der Waals surface area (Å²) in [7, 11) is 0. The summed E-state index contributed by atoms with van der Waals surface area (Å²) in [6.45, 7) is 3.15. The summed E-state index contributed by atoms with van der Waals surface area (Å²) in [5, 5.41) is 10.1. The molecule has 2 aromatic carbocycles. The summed E-state index contributed by atoms with van der Waals surface area (Å²) in [6, 6.07) is 14.3. The van der Waals surface area contributed by atoms with Gasteiger partial charge in [-0.1, -0.05) is 34.1 Å². The zero-order valence-corrected chi connectivity index (χ0v) is 12.4. The molecule has 0 saturated heterocycles. The average Bonchev–Trinajstić information content (AvgIpc) is 2.84. The van der Waals surface area contributed by atoms with Crippen molar-refractivity contribution in [2.45, 2.75) is 19.4 Å². The lowest BCUT2D eigenvalue weighted by Crippen LogP contribution is -2.24. The molecule has 1 N–H and O–H groups in total. The number of fused-ring (bicyclic) bond motifs is 1. The summed E-state index contributed by atoms with van der Waals surface area (Å²) < 4.78 is 1.000. The Morgan fingerprint density at radius 1 is 1.21 bits per heavy atom. The number of anilines is 1. The van der Waals surface area contributed by atoms with E-state index in [9.17, 15) is 5.11 Å². The molecule has 0 fully saturated rings. The molecule has 2 nitrogen and oxygen atoms in total. The predicted molar refractivity (Wildman–Crippen MR) is 81.7 cm³/mol. The fourth-order valence-electron chi connectivity index (χ4n) is 2.79. The minimum atomic E-state index is 0.168. The standard InChI is InChI=1S/C16H16BrNO/c1-11(14-10-13(17)6-7-16(14)19)18-9-8-12-4-2-3-5-15(12)18/h2-7,10-11,19H,8-9H2,1H3. The van der Waals surface area contributed by atoms with E-state index in [2.05, 4.69) is 52.0 Å². The minimum absolute atomic E-state index is 0.168. The van der Waals surface area contributed by atoms with Gasteiger partial charge in [0.2, 0.25) is 0 Å². The second kappa shape index (κ2) is 4.89. The molecule has 1 heterocycles. The van der Waals surface area contributed by atoms with E-state index in [4.69, 9.17) is 0 Å². The first-order chi connectivity index (χ1) is 9.16. The highest BCUT2D eigenvalue weighted by Crippen LogP contribution is 2.38. The van der Waals surface area contributed by atoms with Gasteiger partial charge in [0.05, 0.1) is 6.04 Å². The first-order valence-electron chi connectivity index (χ1n) is 6.50. The van der Waals surface area contributed by atoms with E-state index in [0.717, 1.165) is 23.0 Å². The number of phenolic OH excluding ortho intramolecular Hbond substituents is 1. The normalized spacial score (nSPS) is 15.4. The number of benzene rings is 2. The van der Waals surface area contributed by atoms with Gasteiger partial charge in [-0.05, 0) is 43.2 Å². The molecule has 3 heteroatoms. The van der Waals surface area contributed by atoms with Crippen LogP contribution in [0.5, 0.6) is 5.75 Å².